The van der Waals surface area contributed by atoms with Gasteiger partial charge < -0.3 is 9.13 Å². The molecule has 0 bridgehead atoms. The van der Waals surface area contributed by atoms with E-state index >= 15 is 0 Å². The Morgan fingerprint density at radius 2 is 0.730 bits per heavy atom. The summed E-state index contributed by atoms with van der Waals surface area (Å²) in [5, 5.41) is 7.02. The van der Waals surface area contributed by atoms with Crippen LogP contribution in [0.4, 0.5) is 0 Å². The van der Waals surface area contributed by atoms with Gasteiger partial charge in [0, 0.05) is 54.8 Å². The van der Waals surface area contributed by atoms with Crippen LogP contribution in [0.25, 0.3) is 117 Å². The topological polar surface area (TPSA) is 53.5 Å². The van der Waals surface area contributed by atoms with Gasteiger partial charge in [0.15, 0.2) is 11.6 Å². The first-order chi connectivity index (χ1) is 31.3. The summed E-state index contributed by atoms with van der Waals surface area (Å²) < 4.78 is 7.08. The van der Waals surface area contributed by atoms with Crippen LogP contribution >= 0.6 is 0 Å². The lowest BCUT2D eigenvalue weighted by Gasteiger charge is -2.13. The van der Waals surface area contributed by atoms with Crippen molar-refractivity contribution >= 4 is 65.4 Å². The molecule has 13 rings (SSSR count). The third kappa shape index (κ3) is 5.48. The van der Waals surface area contributed by atoms with Crippen molar-refractivity contribution in [3.8, 4) is 51.2 Å². The second kappa shape index (κ2) is 14.0. The zero-order valence-corrected chi connectivity index (χ0v) is 34.0. The summed E-state index contributed by atoms with van der Waals surface area (Å²) in [6, 6.07) is 77.3. The summed E-state index contributed by atoms with van der Waals surface area (Å²) >= 11 is 0. The quantitative estimate of drug-likeness (QED) is 0.168. The molecule has 0 aliphatic rings. The largest absolute Gasteiger partial charge is 0.309 e. The zero-order chi connectivity index (χ0) is 41.4. The van der Waals surface area contributed by atoms with E-state index in [1.807, 2.05) is 24.3 Å². The molecular weight excluding hydrogens is 769 g/mol. The van der Waals surface area contributed by atoms with E-state index in [9.17, 15) is 0 Å². The van der Waals surface area contributed by atoms with Gasteiger partial charge in [0.2, 0.25) is 5.95 Å². The van der Waals surface area contributed by atoms with Gasteiger partial charge >= 0.3 is 0 Å². The Morgan fingerprint density at radius 3 is 1.40 bits per heavy atom. The monoisotopic (exact) mass is 804 g/mol. The highest BCUT2D eigenvalue weighted by atomic mass is 15.2. The van der Waals surface area contributed by atoms with E-state index < -0.39 is 0 Å². The molecule has 0 unspecified atom stereocenters. The third-order valence-electron chi connectivity index (χ3n) is 12.5. The Hall–Kier alpha value is -8.61. The second-order valence-electron chi connectivity index (χ2n) is 16.0. The van der Waals surface area contributed by atoms with Crippen molar-refractivity contribution in [1.82, 2.24) is 28.7 Å². The minimum atomic E-state index is 0.554. The summed E-state index contributed by atoms with van der Waals surface area (Å²) in [7, 11) is 0. The van der Waals surface area contributed by atoms with Crippen LogP contribution in [-0.4, -0.2) is 28.7 Å². The molecule has 0 atom stereocenters. The predicted molar refractivity (Wildman–Crippen MR) is 259 cm³/mol. The highest BCUT2D eigenvalue weighted by Crippen LogP contribution is 2.43. The SMILES string of the molecule is c1ccc(-c2cccc(-c3nc(-c4ccccc4)nc(-n4c5ccccc5c5ccc6c7cc(-n8c9ccccc9c9ccccc98)ccc7n(-c7ccccc7)c6c54)n3)c2)cc1. The predicted octanol–water partition coefficient (Wildman–Crippen LogP) is 14.2. The van der Waals surface area contributed by atoms with Gasteiger partial charge in [-0.1, -0.05) is 164 Å². The first kappa shape index (κ1) is 35.2. The Bertz CT molecular complexity index is 3850. The van der Waals surface area contributed by atoms with Gasteiger partial charge in [-0.25, -0.2) is 4.98 Å². The summed E-state index contributed by atoms with van der Waals surface area (Å²) in [6.07, 6.45) is 0. The molecule has 13 aromatic rings. The lowest BCUT2D eigenvalue weighted by atomic mass is 10.0. The van der Waals surface area contributed by atoms with Crippen molar-refractivity contribution < 1.29 is 0 Å². The minimum Gasteiger partial charge on any atom is -0.309 e. The lowest BCUT2D eigenvalue weighted by molar-refractivity contribution is 0.953. The summed E-state index contributed by atoms with van der Waals surface area (Å²) in [5.41, 5.74) is 12.9. The number of hydrogen-bond donors (Lipinski definition) is 0. The molecule has 0 N–H and O–H groups in total. The highest BCUT2D eigenvalue weighted by molar-refractivity contribution is 6.24. The fourth-order valence-electron chi connectivity index (χ4n) is 9.71. The van der Waals surface area contributed by atoms with Crippen LogP contribution in [0.2, 0.25) is 0 Å². The van der Waals surface area contributed by atoms with E-state index in [2.05, 4.69) is 208 Å². The summed E-state index contributed by atoms with van der Waals surface area (Å²) in [4.78, 5) is 15.9. The van der Waals surface area contributed by atoms with E-state index in [4.69, 9.17) is 15.0 Å². The molecule has 6 heteroatoms. The number of hydrogen-bond acceptors (Lipinski definition) is 3. The molecule has 0 amide bonds. The molecule has 0 aliphatic carbocycles. The van der Waals surface area contributed by atoms with Crippen LogP contribution in [-0.2, 0) is 0 Å². The maximum atomic E-state index is 5.40. The summed E-state index contributed by atoms with van der Waals surface area (Å²) in [6.45, 7) is 0. The van der Waals surface area contributed by atoms with Gasteiger partial charge in [0.1, 0.15) is 0 Å². The number of fused-ring (bicyclic) bond motifs is 10. The molecule has 4 heterocycles. The van der Waals surface area contributed by atoms with Crippen molar-refractivity contribution in [3.05, 3.63) is 218 Å². The Morgan fingerprint density at radius 1 is 0.254 bits per heavy atom. The van der Waals surface area contributed by atoms with Crippen molar-refractivity contribution in [2.45, 2.75) is 0 Å². The Kier molecular flexibility index (Phi) is 7.80. The standard InChI is InChI=1S/C57H36N6/c1-4-17-37(18-5-1)39-21-16-22-40(35-39)56-58-55(38-19-6-2-7-20-38)59-57(60-56)63-51-30-15-12-27-45(51)46-32-33-47-48-36-42(61-49-28-13-10-25-43(49)44-26-11-14-29-50(44)61)31-34-52(48)62(53(47)54(46)63)41-23-8-3-9-24-41/h1-36H. The molecule has 0 fully saturated rings. The molecule has 0 saturated carbocycles. The molecule has 294 valence electrons. The van der Waals surface area contributed by atoms with Gasteiger partial charge in [-0.15, -0.1) is 0 Å². The number of para-hydroxylation sites is 4. The number of benzene rings is 9. The van der Waals surface area contributed by atoms with Crippen LogP contribution in [0.1, 0.15) is 0 Å². The molecule has 4 aromatic heterocycles. The Labute approximate surface area is 362 Å². The van der Waals surface area contributed by atoms with Crippen LogP contribution in [0.3, 0.4) is 0 Å². The second-order valence-corrected chi connectivity index (χ2v) is 16.0. The van der Waals surface area contributed by atoms with Gasteiger partial charge in [-0.05, 0) is 65.7 Å². The van der Waals surface area contributed by atoms with Crippen LogP contribution in [0.5, 0.6) is 0 Å². The van der Waals surface area contributed by atoms with Gasteiger partial charge in [-0.3, -0.25) is 4.57 Å². The van der Waals surface area contributed by atoms with Crippen LogP contribution in [0.15, 0.2) is 218 Å². The molecule has 0 aliphatic heterocycles. The highest BCUT2D eigenvalue weighted by Gasteiger charge is 2.24. The molecule has 63 heavy (non-hydrogen) atoms. The molecular formula is C57H36N6. The van der Waals surface area contributed by atoms with Crippen molar-refractivity contribution in [2.24, 2.45) is 0 Å². The molecule has 6 nitrogen and oxygen atoms in total. The van der Waals surface area contributed by atoms with Crippen molar-refractivity contribution in [3.63, 3.8) is 0 Å². The molecule has 0 spiro atoms. The molecule has 0 radical (unpaired) electrons. The average molecular weight is 805 g/mol. The van der Waals surface area contributed by atoms with E-state index in [0.717, 1.165) is 77.2 Å². The fraction of sp³-hybridized carbons (Fsp3) is 0. The van der Waals surface area contributed by atoms with Gasteiger partial charge in [-0.2, -0.15) is 9.97 Å². The van der Waals surface area contributed by atoms with Crippen molar-refractivity contribution in [1.29, 1.82) is 0 Å². The minimum absolute atomic E-state index is 0.554. The number of aromatic nitrogens is 6. The number of nitrogens with zero attached hydrogens (tertiary/aromatic N) is 6. The Balaban J connectivity index is 1.13. The maximum Gasteiger partial charge on any atom is 0.238 e. The van der Waals surface area contributed by atoms with E-state index in [-0.39, 0.29) is 0 Å². The smallest absolute Gasteiger partial charge is 0.238 e. The van der Waals surface area contributed by atoms with Crippen LogP contribution < -0.4 is 0 Å². The average Bonchev–Trinajstić information content (AvgIpc) is 4.00. The maximum absolute atomic E-state index is 5.40. The van der Waals surface area contributed by atoms with E-state index in [1.165, 1.54) is 21.8 Å². The number of rotatable bonds is 6. The normalized spacial score (nSPS) is 11.8. The third-order valence-corrected chi connectivity index (χ3v) is 12.5. The van der Waals surface area contributed by atoms with Gasteiger partial charge in [0.05, 0.1) is 33.1 Å². The van der Waals surface area contributed by atoms with E-state index in [1.54, 1.807) is 0 Å². The molecule has 9 aromatic carbocycles. The molecule has 0 saturated heterocycles. The first-order valence-corrected chi connectivity index (χ1v) is 21.3. The van der Waals surface area contributed by atoms with E-state index in [0.29, 0.717) is 17.6 Å². The zero-order valence-electron chi connectivity index (χ0n) is 34.0. The van der Waals surface area contributed by atoms with Crippen molar-refractivity contribution in [2.75, 3.05) is 0 Å². The first-order valence-electron chi connectivity index (χ1n) is 21.3. The summed E-state index contributed by atoms with van der Waals surface area (Å²) in [5.74, 6) is 1.77. The van der Waals surface area contributed by atoms with Crippen LogP contribution in [0, 0.1) is 0 Å². The fourth-order valence-corrected chi connectivity index (χ4v) is 9.71. The lowest BCUT2D eigenvalue weighted by Crippen LogP contribution is -2.07. The van der Waals surface area contributed by atoms with Gasteiger partial charge in [0.25, 0.3) is 0 Å².